The largest absolute Gasteiger partial charge is 0.497 e. The predicted octanol–water partition coefficient (Wildman–Crippen LogP) is 4.64. The fraction of sp³-hybridized carbons (Fsp3) is 0.684. The second kappa shape index (κ2) is 7.31. The molecular weight excluding hydrogens is 258 g/mol. The summed E-state index contributed by atoms with van der Waals surface area (Å²) in [6.07, 6.45) is 5.58. The van der Waals surface area contributed by atoms with Crippen LogP contribution in [0.1, 0.15) is 52.0 Å². The average Bonchev–Trinajstić information content (AvgIpc) is 2.47. The summed E-state index contributed by atoms with van der Waals surface area (Å²) in [7, 11) is 1.71. The Labute approximate surface area is 130 Å². The normalized spacial score (nSPS) is 23.0. The van der Waals surface area contributed by atoms with E-state index in [-0.39, 0.29) is 0 Å². The van der Waals surface area contributed by atoms with Crippen LogP contribution in [0.3, 0.4) is 0 Å². The SMILES string of the molecule is COc1ccc(CNCC2CCC(C(C)(C)C)CC2)cc1. The third-order valence-electron chi connectivity index (χ3n) is 4.99. The highest BCUT2D eigenvalue weighted by Crippen LogP contribution is 2.39. The van der Waals surface area contributed by atoms with Crippen molar-refractivity contribution in [3.63, 3.8) is 0 Å². The van der Waals surface area contributed by atoms with Gasteiger partial charge in [0.2, 0.25) is 0 Å². The predicted molar refractivity (Wildman–Crippen MR) is 89.6 cm³/mol. The molecule has 1 N–H and O–H groups in total. The van der Waals surface area contributed by atoms with Gasteiger partial charge in [-0.2, -0.15) is 0 Å². The van der Waals surface area contributed by atoms with Crippen LogP contribution in [0.5, 0.6) is 5.75 Å². The minimum absolute atomic E-state index is 0.488. The molecule has 118 valence electrons. The maximum atomic E-state index is 5.19. The molecule has 0 aliphatic heterocycles. The first-order valence-corrected chi connectivity index (χ1v) is 8.32. The Hall–Kier alpha value is -1.02. The van der Waals surface area contributed by atoms with E-state index in [0.717, 1.165) is 30.7 Å². The standard InChI is InChI=1S/C19H31NO/c1-19(2,3)17-9-5-15(6-10-17)13-20-14-16-7-11-18(21-4)12-8-16/h7-8,11-12,15,17,20H,5-6,9-10,13-14H2,1-4H3. The maximum Gasteiger partial charge on any atom is 0.118 e. The van der Waals surface area contributed by atoms with Gasteiger partial charge in [-0.15, -0.1) is 0 Å². The van der Waals surface area contributed by atoms with E-state index in [1.165, 1.54) is 31.2 Å². The van der Waals surface area contributed by atoms with Crippen LogP contribution in [0.15, 0.2) is 24.3 Å². The van der Waals surface area contributed by atoms with Crippen molar-refractivity contribution in [2.45, 2.75) is 53.0 Å². The van der Waals surface area contributed by atoms with E-state index in [1.54, 1.807) is 7.11 Å². The fourth-order valence-electron chi connectivity index (χ4n) is 3.40. The third kappa shape index (κ3) is 5.03. The summed E-state index contributed by atoms with van der Waals surface area (Å²) in [6, 6.07) is 8.35. The van der Waals surface area contributed by atoms with Crippen LogP contribution in [-0.2, 0) is 6.54 Å². The lowest BCUT2D eigenvalue weighted by atomic mass is 9.70. The van der Waals surface area contributed by atoms with Gasteiger partial charge in [0.05, 0.1) is 7.11 Å². The van der Waals surface area contributed by atoms with Crippen molar-refractivity contribution >= 4 is 0 Å². The number of ether oxygens (including phenoxy) is 1. The Kier molecular flexibility index (Phi) is 5.69. The smallest absolute Gasteiger partial charge is 0.118 e. The zero-order valence-electron chi connectivity index (χ0n) is 14.1. The van der Waals surface area contributed by atoms with Crippen molar-refractivity contribution in [2.24, 2.45) is 17.3 Å². The highest BCUT2D eigenvalue weighted by molar-refractivity contribution is 5.26. The Bertz CT molecular complexity index is 410. The molecule has 1 fully saturated rings. The summed E-state index contributed by atoms with van der Waals surface area (Å²) in [6.45, 7) is 9.28. The molecule has 0 saturated heterocycles. The molecule has 1 aliphatic carbocycles. The van der Waals surface area contributed by atoms with Gasteiger partial charge in [0.25, 0.3) is 0 Å². The monoisotopic (exact) mass is 289 g/mol. The van der Waals surface area contributed by atoms with E-state index in [4.69, 9.17) is 4.74 Å². The van der Waals surface area contributed by atoms with Crippen molar-refractivity contribution in [2.75, 3.05) is 13.7 Å². The third-order valence-corrected chi connectivity index (χ3v) is 4.99. The van der Waals surface area contributed by atoms with Gasteiger partial charge in [0, 0.05) is 6.54 Å². The Morgan fingerprint density at radius 2 is 1.67 bits per heavy atom. The highest BCUT2D eigenvalue weighted by atomic mass is 16.5. The van der Waals surface area contributed by atoms with Crippen LogP contribution in [0, 0.1) is 17.3 Å². The molecule has 2 heteroatoms. The average molecular weight is 289 g/mol. The van der Waals surface area contributed by atoms with E-state index >= 15 is 0 Å². The molecule has 2 nitrogen and oxygen atoms in total. The van der Waals surface area contributed by atoms with Gasteiger partial charge in [-0.25, -0.2) is 0 Å². The molecule has 0 heterocycles. The van der Waals surface area contributed by atoms with E-state index in [0.29, 0.717) is 5.41 Å². The zero-order chi connectivity index (χ0) is 15.3. The fourth-order valence-corrected chi connectivity index (χ4v) is 3.40. The second-order valence-corrected chi connectivity index (χ2v) is 7.56. The Morgan fingerprint density at radius 3 is 2.19 bits per heavy atom. The van der Waals surface area contributed by atoms with Crippen LogP contribution in [0.25, 0.3) is 0 Å². The molecule has 0 unspecified atom stereocenters. The number of benzene rings is 1. The first kappa shape index (κ1) is 16.4. The molecule has 0 atom stereocenters. The lowest BCUT2D eigenvalue weighted by Crippen LogP contribution is -2.30. The van der Waals surface area contributed by atoms with E-state index < -0.39 is 0 Å². The van der Waals surface area contributed by atoms with Crippen molar-refractivity contribution in [3.8, 4) is 5.75 Å². The summed E-state index contributed by atoms with van der Waals surface area (Å²) >= 11 is 0. The quantitative estimate of drug-likeness (QED) is 0.853. The molecule has 2 rings (SSSR count). The molecule has 0 radical (unpaired) electrons. The molecule has 0 bridgehead atoms. The summed E-state index contributed by atoms with van der Waals surface area (Å²) in [5.74, 6) is 2.71. The maximum absolute atomic E-state index is 5.19. The topological polar surface area (TPSA) is 21.3 Å². The van der Waals surface area contributed by atoms with Crippen LogP contribution in [0.2, 0.25) is 0 Å². The molecular formula is C19H31NO. The van der Waals surface area contributed by atoms with E-state index in [2.05, 4.69) is 38.2 Å². The van der Waals surface area contributed by atoms with Crippen LogP contribution in [0.4, 0.5) is 0 Å². The molecule has 1 aromatic rings. The van der Waals surface area contributed by atoms with Gasteiger partial charge < -0.3 is 10.1 Å². The molecule has 0 amide bonds. The summed E-state index contributed by atoms with van der Waals surface area (Å²) in [5, 5.41) is 3.62. The molecule has 21 heavy (non-hydrogen) atoms. The Morgan fingerprint density at radius 1 is 1.05 bits per heavy atom. The zero-order valence-corrected chi connectivity index (χ0v) is 14.1. The number of hydrogen-bond acceptors (Lipinski definition) is 2. The number of nitrogens with one attached hydrogen (secondary N) is 1. The molecule has 0 aromatic heterocycles. The van der Waals surface area contributed by atoms with Gasteiger partial charge in [0.1, 0.15) is 5.75 Å². The van der Waals surface area contributed by atoms with E-state index in [9.17, 15) is 0 Å². The van der Waals surface area contributed by atoms with Crippen molar-refractivity contribution in [1.82, 2.24) is 5.32 Å². The Balaban J connectivity index is 1.68. The highest BCUT2D eigenvalue weighted by Gasteiger charge is 2.29. The van der Waals surface area contributed by atoms with Crippen LogP contribution >= 0.6 is 0 Å². The van der Waals surface area contributed by atoms with E-state index in [1.807, 2.05) is 12.1 Å². The van der Waals surface area contributed by atoms with Gasteiger partial charge in [-0.3, -0.25) is 0 Å². The van der Waals surface area contributed by atoms with Gasteiger partial charge in [-0.05, 0) is 67.2 Å². The number of hydrogen-bond donors (Lipinski definition) is 1. The first-order valence-electron chi connectivity index (χ1n) is 8.32. The first-order chi connectivity index (χ1) is 9.99. The minimum atomic E-state index is 0.488. The molecule has 1 aromatic carbocycles. The van der Waals surface area contributed by atoms with Gasteiger partial charge >= 0.3 is 0 Å². The molecule has 1 saturated carbocycles. The summed E-state index contributed by atoms with van der Waals surface area (Å²) < 4.78 is 5.19. The van der Waals surface area contributed by atoms with Gasteiger partial charge in [-0.1, -0.05) is 32.9 Å². The molecule has 1 aliphatic rings. The second-order valence-electron chi connectivity index (χ2n) is 7.56. The van der Waals surface area contributed by atoms with Crippen molar-refractivity contribution in [3.05, 3.63) is 29.8 Å². The van der Waals surface area contributed by atoms with Crippen molar-refractivity contribution in [1.29, 1.82) is 0 Å². The van der Waals surface area contributed by atoms with Crippen molar-refractivity contribution < 1.29 is 4.74 Å². The summed E-state index contributed by atoms with van der Waals surface area (Å²) in [5.41, 5.74) is 1.82. The van der Waals surface area contributed by atoms with Crippen LogP contribution in [-0.4, -0.2) is 13.7 Å². The summed E-state index contributed by atoms with van der Waals surface area (Å²) in [4.78, 5) is 0. The number of rotatable bonds is 5. The van der Waals surface area contributed by atoms with Gasteiger partial charge in [0.15, 0.2) is 0 Å². The van der Waals surface area contributed by atoms with Crippen LogP contribution < -0.4 is 10.1 Å². The molecule has 0 spiro atoms. The lowest BCUT2D eigenvalue weighted by molar-refractivity contribution is 0.149. The number of methoxy groups -OCH3 is 1. The lowest BCUT2D eigenvalue weighted by Gasteiger charge is -2.37. The minimum Gasteiger partial charge on any atom is -0.497 e.